The number of ketones is 2. The van der Waals surface area contributed by atoms with Gasteiger partial charge in [-0.3, -0.25) is 9.59 Å². The Morgan fingerprint density at radius 2 is 2.06 bits per heavy atom. The molecule has 0 radical (unpaired) electrons. The summed E-state index contributed by atoms with van der Waals surface area (Å²) in [5, 5.41) is 0. The highest BCUT2D eigenvalue weighted by atomic mass is 16.5. The molecule has 0 saturated heterocycles. The molecule has 1 unspecified atom stereocenters. The summed E-state index contributed by atoms with van der Waals surface area (Å²) in [6.07, 6.45) is 2.15. The van der Waals surface area contributed by atoms with Crippen molar-refractivity contribution in [3.63, 3.8) is 0 Å². The fraction of sp³-hybridized carbons (Fsp3) is 0.615. The number of carbonyl (C=O) groups is 3. The van der Waals surface area contributed by atoms with Crippen molar-refractivity contribution in [3.05, 3.63) is 11.8 Å². The van der Waals surface area contributed by atoms with E-state index in [2.05, 4.69) is 4.74 Å². The van der Waals surface area contributed by atoms with Crippen LogP contribution in [0, 0.1) is 11.3 Å². The Hall–Kier alpha value is -1.65. The van der Waals surface area contributed by atoms with Crippen LogP contribution in [0.15, 0.2) is 11.8 Å². The zero-order chi connectivity index (χ0) is 13.9. The molecule has 18 heavy (non-hydrogen) atoms. The van der Waals surface area contributed by atoms with Gasteiger partial charge in [-0.15, -0.1) is 0 Å². The van der Waals surface area contributed by atoms with E-state index in [1.165, 1.54) is 7.11 Å². The van der Waals surface area contributed by atoms with E-state index in [-0.39, 0.29) is 12.4 Å². The van der Waals surface area contributed by atoms with E-state index in [9.17, 15) is 14.4 Å². The predicted octanol–water partition coefficient (Wildman–Crippen LogP) is 1.26. The van der Waals surface area contributed by atoms with Gasteiger partial charge in [-0.05, 0) is 24.8 Å². The number of rotatable bonds is 4. The molecule has 5 heteroatoms. The molecule has 1 rings (SSSR count). The number of Topliss-reactive ketones (excluding diaryl/α,β-unsaturated/α-hetero) is 2. The maximum Gasteiger partial charge on any atom is 0.375 e. The molecule has 0 aromatic heterocycles. The number of carbonyl (C=O) groups excluding carboxylic acids is 3. The molecule has 5 nitrogen and oxygen atoms in total. The van der Waals surface area contributed by atoms with Crippen LogP contribution in [0.4, 0.5) is 0 Å². The zero-order valence-corrected chi connectivity index (χ0v) is 11.1. The lowest BCUT2D eigenvalue weighted by Gasteiger charge is -2.34. The topological polar surface area (TPSA) is 69.7 Å². The molecule has 0 spiro atoms. The Morgan fingerprint density at radius 1 is 1.44 bits per heavy atom. The highest BCUT2D eigenvalue weighted by Crippen LogP contribution is 2.38. The van der Waals surface area contributed by atoms with Crippen molar-refractivity contribution in [2.24, 2.45) is 11.3 Å². The summed E-state index contributed by atoms with van der Waals surface area (Å²) in [6.45, 7) is 5.27. The van der Waals surface area contributed by atoms with Crippen LogP contribution in [0.5, 0.6) is 0 Å². The highest BCUT2D eigenvalue weighted by molar-refractivity contribution is 6.39. The summed E-state index contributed by atoms with van der Waals surface area (Å²) in [6, 6.07) is 0. The van der Waals surface area contributed by atoms with Crippen LogP contribution < -0.4 is 0 Å². The largest absolute Gasteiger partial charge is 0.493 e. The van der Waals surface area contributed by atoms with Gasteiger partial charge >= 0.3 is 5.97 Å². The van der Waals surface area contributed by atoms with Crippen molar-refractivity contribution in [1.29, 1.82) is 0 Å². The number of methoxy groups -OCH3 is 1. The van der Waals surface area contributed by atoms with E-state index in [4.69, 9.17) is 4.74 Å². The van der Waals surface area contributed by atoms with Gasteiger partial charge in [-0.2, -0.15) is 0 Å². The first kappa shape index (κ1) is 14.4. The first-order valence-electron chi connectivity index (χ1n) is 5.84. The van der Waals surface area contributed by atoms with E-state index in [1.54, 1.807) is 26.8 Å². The number of ether oxygens (including phenoxy) is 2. The van der Waals surface area contributed by atoms with E-state index in [1.807, 2.05) is 0 Å². The minimum Gasteiger partial charge on any atom is -0.493 e. The van der Waals surface area contributed by atoms with Gasteiger partial charge in [-0.25, -0.2) is 4.79 Å². The molecule has 0 heterocycles. The van der Waals surface area contributed by atoms with Crippen LogP contribution >= 0.6 is 0 Å². The van der Waals surface area contributed by atoms with Crippen LogP contribution in [-0.4, -0.2) is 31.3 Å². The maximum absolute atomic E-state index is 12.1. The Morgan fingerprint density at radius 3 is 2.56 bits per heavy atom. The molecule has 100 valence electrons. The lowest BCUT2D eigenvalue weighted by molar-refractivity contribution is -0.159. The van der Waals surface area contributed by atoms with Gasteiger partial charge < -0.3 is 9.47 Å². The monoisotopic (exact) mass is 254 g/mol. The Labute approximate surface area is 106 Å². The van der Waals surface area contributed by atoms with Crippen molar-refractivity contribution in [3.8, 4) is 0 Å². The molecule has 1 aliphatic carbocycles. The molecule has 0 aromatic carbocycles. The van der Waals surface area contributed by atoms with Crippen molar-refractivity contribution >= 4 is 17.5 Å². The Kier molecular flexibility index (Phi) is 4.27. The van der Waals surface area contributed by atoms with Gasteiger partial charge in [0.25, 0.3) is 5.78 Å². The second-order valence-corrected chi connectivity index (χ2v) is 4.85. The quantitative estimate of drug-likeness (QED) is 0.429. The van der Waals surface area contributed by atoms with Crippen molar-refractivity contribution in [2.45, 2.75) is 27.2 Å². The summed E-state index contributed by atoms with van der Waals surface area (Å²) in [5.74, 6) is -3.10. The van der Waals surface area contributed by atoms with Crippen molar-refractivity contribution < 1.29 is 23.9 Å². The summed E-state index contributed by atoms with van der Waals surface area (Å²) in [4.78, 5) is 35.6. The van der Waals surface area contributed by atoms with Crippen LogP contribution in [0.1, 0.15) is 27.2 Å². The van der Waals surface area contributed by atoms with E-state index >= 15 is 0 Å². The molecule has 0 bridgehead atoms. The Balaban J connectivity index is 3.04. The fourth-order valence-electron chi connectivity index (χ4n) is 2.05. The second-order valence-electron chi connectivity index (χ2n) is 4.85. The maximum atomic E-state index is 12.1. The zero-order valence-electron chi connectivity index (χ0n) is 11.1. The average Bonchev–Trinajstić information content (AvgIpc) is 2.28. The van der Waals surface area contributed by atoms with Gasteiger partial charge in [-0.1, -0.05) is 13.8 Å². The minimum absolute atomic E-state index is 0.110. The van der Waals surface area contributed by atoms with Crippen molar-refractivity contribution in [1.82, 2.24) is 0 Å². The SMILES string of the molecule is CCOC(=O)C(=O)C1C(=O)C(OC)=CCC1(C)C. The molecule has 0 fully saturated rings. The van der Waals surface area contributed by atoms with Crippen LogP contribution in [0.3, 0.4) is 0 Å². The van der Waals surface area contributed by atoms with Gasteiger partial charge in [0.1, 0.15) is 5.92 Å². The minimum atomic E-state index is -1.03. The molecule has 0 saturated carbocycles. The molecule has 0 aromatic rings. The number of hydrogen-bond donors (Lipinski definition) is 0. The summed E-state index contributed by atoms with van der Waals surface area (Å²) in [7, 11) is 1.37. The lowest BCUT2D eigenvalue weighted by Crippen LogP contribution is -2.44. The first-order valence-corrected chi connectivity index (χ1v) is 5.84. The Bertz CT molecular complexity index is 406. The molecule has 0 aliphatic heterocycles. The molecule has 1 aliphatic rings. The normalized spacial score (nSPS) is 22.1. The van der Waals surface area contributed by atoms with Crippen molar-refractivity contribution in [2.75, 3.05) is 13.7 Å². The average molecular weight is 254 g/mol. The van der Waals surface area contributed by atoms with Crippen LogP contribution in [0.2, 0.25) is 0 Å². The van der Waals surface area contributed by atoms with Gasteiger partial charge in [0, 0.05) is 0 Å². The van der Waals surface area contributed by atoms with Gasteiger partial charge in [0.05, 0.1) is 13.7 Å². The third-order valence-corrected chi connectivity index (χ3v) is 3.06. The van der Waals surface area contributed by atoms with Crippen LogP contribution in [-0.2, 0) is 23.9 Å². The third kappa shape index (κ3) is 2.60. The highest BCUT2D eigenvalue weighted by Gasteiger charge is 2.47. The van der Waals surface area contributed by atoms with Gasteiger partial charge in [0.15, 0.2) is 5.76 Å². The van der Waals surface area contributed by atoms with E-state index < -0.39 is 28.9 Å². The molecule has 0 amide bonds. The number of allylic oxidation sites excluding steroid dienone is 2. The summed E-state index contributed by atoms with van der Waals surface area (Å²) < 4.78 is 9.59. The molecular formula is C13H18O5. The third-order valence-electron chi connectivity index (χ3n) is 3.06. The van der Waals surface area contributed by atoms with Crippen LogP contribution in [0.25, 0.3) is 0 Å². The standard InChI is InChI=1S/C13H18O5/c1-5-18-12(16)11(15)9-10(14)8(17-4)6-7-13(9,2)3/h6,9H,5,7H2,1-4H3. The predicted molar refractivity (Wildman–Crippen MR) is 63.6 cm³/mol. The first-order chi connectivity index (χ1) is 8.35. The number of hydrogen-bond acceptors (Lipinski definition) is 5. The number of esters is 1. The summed E-state index contributed by atoms with van der Waals surface area (Å²) >= 11 is 0. The van der Waals surface area contributed by atoms with E-state index in [0.29, 0.717) is 6.42 Å². The lowest BCUT2D eigenvalue weighted by atomic mass is 9.68. The molecule has 1 atom stereocenters. The summed E-state index contributed by atoms with van der Waals surface area (Å²) in [5.41, 5.74) is -0.608. The molecular weight excluding hydrogens is 236 g/mol. The molecule has 0 N–H and O–H groups in total. The van der Waals surface area contributed by atoms with E-state index in [0.717, 1.165) is 0 Å². The fourth-order valence-corrected chi connectivity index (χ4v) is 2.05. The van der Waals surface area contributed by atoms with Gasteiger partial charge in [0.2, 0.25) is 5.78 Å². The smallest absolute Gasteiger partial charge is 0.375 e. The second kappa shape index (κ2) is 5.33.